The van der Waals surface area contributed by atoms with Gasteiger partial charge in [0.15, 0.2) is 6.61 Å². The number of benzene rings is 1. The molecule has 7 nitrogen and oxygen atoms in total. The van der Waals surface area contributed by atoms with Gasteiger partial charge in [0.1, 0.15) is 5.75 Å². The summed E-state index contributed by atoms with van der Waals surface area (Å²) in [6, 6.07) is 11.8. The highest BCUT2D eigenvalue weighted by atomic mass is 16.5. The Morgan fingerprint density at radius 3 is 2.49 bits per heavy atom. The maximum Gasteiger partial charge on any atom is 0.260 e. The van der Waals surface area contributed by atoms with Crippen molar-refractivity contribution in [3.63, 3.8) is 0 Å². The van der Waals surface area contributed by atoms with Gasteiger partial charge in [0, 0.05) is 24.3 Å². The smallest absolute Gasteiger partial charge is 0.260 e. The summed E-state index contributed by atoms with van der Waals surface area (Å²) in [5, 5.41) is 4.21. The van der Waals surface area contributed by atoms with Crippen molar-refractivity contribution in [2.75, 3.05) is 13.2 Å². The lowest BCUT2D eigenvalue weighted by molar-refractivity contribution is -0.135. The number of ether oxygens (including phenoxy) is 1. The van der Waals surface area contributed by atoms with E-state index in [0.717, 1.165) is 30.5 Å². The number of carbonyl (C=O) groups is 1. The molecule has 0 radical (unpaired) electrons. The molecule has 0 aliphatic carbocycles. The third kappa shape index (κ3) is 7.38. The molecule has 188 valence electrons. The number of nitrogens with zero attached hydrogens (tertiary/aromatic N) is 4. The quantitative estimate of drug-likeness (QED) is 0.332. The summed E-state index contributed by atoms with van der Waals surface area (Å²) in [7, 11) is 0. The van der Waals surface area contributed by atoms with Crippen molar-refractivity contribution in [2.45, 2.75) is 72.8 Å². The second-order valence-electron chi connectivity index (χ2n) is 9.78. The van der Waals surface area contributed by atoms with E-state index in [4.69, 9.17) is 9.26 Å². The number of amides is 1. The molecule has 0 N–H and O–H groups in total. The van der Waals surface area contributed by atoms with Gasteiger partial charge in [0.2, 0.25) is 11.7 Å². The van der Waals surface area contributed by atoms with E-state index < -0.39 is 0 Å². The van der Waals surface area contributed by atoms with E-state index in [0.29, 0.717) is 29.9 Å². The van der Waals surface area contributed by atoms with Crippen molar-refractivity contribution >= 4 is 5.91 Å². The molecule has 2 heterocycles. The Bertz CT molecular complexity index is 1080. The fourth-order valence-electron chi connectivity index (χ4n) is 3.98. The number of aryl methyl sites for hydroxylation is 1. The molecule has 0 aliphatic rings. The minimum absolute atomic E-state index is 0.0125. The first-order chi connectivity index (χ1) is 16.8. The molecule has 0 spiro atoms. The lowest BCUT2D eigenvalue weighted by atomic mass is 10.0. The third-order valence-corrected chi connectivity index (χ3v) is 5.83. The average molecular weight is 479 g/mol. The van der Waals surface area contributed by atoms with E-state index in [-0.39, 0.29) is 24.5 Å². The number of rotatable bonds is 12. The third-order valence-electron chi connectivity index (χ3n) is 5.83. The molecule has 1 amide bonds. The van der Waals surface area contributed by atoms with Gasteiger partial charge in [0.25, 0.3) is 5.91 Å². The highest BCUT2D eigenvalue weighted by Crippen LogP contribution is 2.24. The van der Waals surface area contributed by atoms with Gasteiger partial charge < -0.3 is 14.2 Å². The van der Waals surface area contributed by atoms with Crippen LogP contribution in [0.5, 0.6) is 5.75 Å². The summed E-state index contributed by atoms with van der Waals surface area (Å²) >= 11 is 0. The lowest BCUT2D eigenvalue weighted by Crippen LogP contribution is -2.42. The van der Waals surface area contributed by atoms with Gasteiger partial charge in [-0.25, -0.2) is 0 Å². The van der Waals surface area contributed by atoms with Crippen LogP contribution in [0, 0.1) is 5.92 Å². The van der Waals surface area contributed by atoms with Crippen molar-refractivity contribution in [3.05, 3.63) is 59.7 Å². The summed E-state index contributed by atoms with van der Waals surface area (Å²) in [5.74, 6) is 2.01. The Kier molecular flexibility index (Phi) is 9.40. The zero-order valence-electron chi connectivity index (χ0n) is 21.8. The van der Waals surface area contributed by atoms with Crippen LogP contribution in [0.3, 0.4) is 0 Å². The topological polar surface area (TPSA) is 81.4 Å². The van der Waals surface area contributed by atoms with Crippen molar-refractivity contribution in [3.8, 4) is 17.1 Å². The molecule has 2 aromatic heterocycles. The van der Waals surface area contributed by atoms with Crippen LogP contribution in [0.15, 0.2) is 47.1 Å². The van der Waals surface area contributed by atoms with Crippen LogP contribution in [0.25, 0.3) is 11.4 Å². The van der Waals surface area contributed by atoms with Crippen LogP contribution in [0.2, 0.25) is 0 Å². The molecular weight excluding hydrogens is 440 g/mol. The van der Waals surface area contributed by atoms with Crippen molar-refractivity contribution in [1.82, 2.24) is 20.0 Å². The van der Waals surface area contributed by atoms with Gasteiger partial charge >= 0.3 is 0 Å². The molecular formula is C28H38N4O3. The van der Waals surface area contributed by atoms with Crippen LogP contribution in [0.4, 0.5) is 0 Å². The molecule has 3 rings (SSSR count). The molecule has 0 bridgehead atoms. The number of hydrogen-bond acceptors (Lipinski definition) is 6. The van der Waals surface area contributed by atoms with Crippen LogP contribution in [0.1, 0.15) is 71.0 Å². The predicted octanol–water partition coefficient (Wildman–Crippen LogP) is 5.70. The number of carbonyl (C=O) groups excluding carboxylic acids is 1. The number of aromatic nitrogens is 3. The molecule has 0 aliphatic heterocycles. The maximum atomic E-state index is 13.0. The van der Waals surface area contributed by atoms with Gasteiger partial charge in [-0.15, -0.1) is 0 Å². The Hall–Kier alpha value is -3.22. The predicted molar refractivity (Wildman–Crippen MR) is 137 cm³/mol. The first-order valence-corrected chi connectivity index (χ1v) is 12.6. The number of pyridine rings is 1. The van der Waals surface area contributed by atoms with Gasteiger partial charge in [0.05, 0.1) is 11.6 Å². The van der Waals surface area contributed by atoms with Crippen LogP contribution in [-0.2, 0) is 17.6 Å². The normalized spacial score (nSPS) is 12.2. The monoisotopic (exact) mass is 478 g/mol. The summed E-state index contributed by atoms with van der Waals surface area (Å²) in [6.07, 6.45) is 4.77. The molecule has 35 heavy (non-hydrogen) atoms. The van der Waals surface area contributed by atoms with E-state index in [1.165, 1.54) is 5.56 Å². The Labute approximate surface area is 208 Å². The van der Waals surface area contributed by atoms with Gasteiger partial charge in [-0.2, -0.15) is 4.98 Å². The molecule has 0 saturated heterocycles. The van der Waals surface area contributed by atoms with Gasteiger partial charge in [-0.05, 0) is 62.4 Å². The minimum atomic E-state index is -0.124. The van der Waals surface area contributed by atoms with Crippen LogP contribution >= 0.6 is 0 Å². The highest BCUT2D eigenvalue weighted by Gasteiger charge is 2.24. The number of hydrogen-bond donors (Lipinski definition) is 0. The van der Waals surface area contributed by atoms with E-state index in [2.05, 4.69) is 35.9 Å². The van der Waals surface area contributed by atoms with Crippen molar-refractivity contribution in [1.29, 1.82) is 0 Å². The first-order valence-electron chi connectivity index (χ1n) is 12.6. The summed E-state index contributed by atoms with van der Waals surface area (Å²) in [5.41, 5.74) is 3.12. The van der Waals surface area contributed by atoms with Crippen molar-refractivity contribution < 1.29 is 14.1 Å². The molecule has 1 aromatic carbocycles. The van der Waals surface area contributed by atoms with Crippen molar-refractivity contribution in [2.24, 2.45) is 5.92 Å². The molecule has 0 unspecified atom stereocenters. The Morgan fingerprint density at radius 2 is 1.83 bits per heavy atom. The molecule has 0 fully saturated rings. The van der Waals surface area contributed by atoms with E-state index in [1.54, 1.807) is 11.1 Å². The molecule has 7 heteroatoms. The van der Waals surface area contributed by atoms with E-state index >= 15 is 0 Å². The van der Waals surface area contributed by atoms with Gasteiger partial charge in [-0.3, -0.25) is 9.78 Å². The average Bonchev–Trinajstić information content (AvgIpc) is 3.32. The van der Waals surface area contributed by atoms with E-state index in [1.807, 2.05) is 57.2 Å². The fourth-order valence-corrected chi connectivity index (χ4v) is 3.98. The summed E-state index contributed by atoms with van der Waals surface area (Å²) in [6.45, 7) is 12.9. The van der Waals surface area contributed by atoms with E-state index in [9.17, 15) is 4.79 Å². The Balaban J connectivity index is 1.64. The zero-order valence-corrected chi connectivity index (χ0v) is 21.8. The second kappa shape index (κ2) is 12.5. The zero-order chi connectivity index (χ0) is 25.4. The highest BCUT2D eigenvalue weighted by molar-refractivity contribution is 5.78. The minimum Gasteiger partial charge on any atom is -0.484 e. The molecule has 3 aromatic rings. The maximum absolute atomic E-state index is 13.0. The largest absolute Gasteiger partial charge is 0.484 e. The SMILES string of the molecule is CCCc1ccc(OCC(=O)N(C[C@H](C)c2nc(-c3cccnc3CC(C)C)no2)C(C)C)cc1. The molecule has 0 saturated carbocycles. The standard InChI is InChI=1S/C28H38N4O3/c1-7-9-22-11-13-23(14-12-22)34-18-26(33)32(20(4)5)17-21(6)28-30-27(31-35-28)24-10-8-15-29-25(24)16-19(2)3/h8,10-15,19-21H,7,9,16-18H2,1-6H3/t21-/m0/s1. The van der Waals surface area contributed by atoms with Crippen LogP contribution in [-0.4, -0.2) is 45.1 Å². The lowest BCUT2D eigenvalue weighted by Gasteiger charge is -2.28. The summed E-state index contributed by atoms with van der Waals surface area (Å²) < 4.78 is 11.4. The second-order valence-corrected chi connectivity index (χ2v) is 9.78. The Morgan fingerprint density at radius 1 is 1.09 bits per heavy atom. The van der Waals surface area contributed by atoms with Crippen LogP contribution < -0.4 is 4.74 Å². The first kappa shape index (κ1) is 26.4. The summed E-state index contributed by atoms with van der Waals surface area (Å²) in [4.78, 5) is 24.0. The van der Waals surface area contributed by atoms with Gasteiger partial charge in [-0.1, -0.05) is 51.4 Å². The fraction of sp³-hybridized carbons (Fsp3) is 0.500. The molecule has 1 atom stereocenters.